The van der Waals surface area contributed by atoms with Crippen LogP contribution < -0.4 is 19.7 Å². The summed E-state index contributed by atoms with van der Waals surface area (Å²) in [4.78, 5) is 26.9. The van der Waals surface area contributed by atoms with Crippen LogP contribution in [0.2, 0.25) is 5.02 Å². The average molecular weight is 465 g/mol. The molecule has 2 amide bonds. The summed E-state index contributed by atoms with van der Waals surface area (Å²) >= 11 is 6.02. The lowest BCUT2D eigenvalue weighted by Crippen LogP contribution is -2.45. The van der Waals surface area contributed by atoms with Crippen molar-refractivity contribution < 1.29 is 28.2 Å². The SMILES string of the molecule is CCOC(=O)N1c2cc(OC)c(OC)cc2C(CNC(=O)c2c(F)cccc2Cl)CC1C. The minimum Gasteiger partial charge on any atom is -0.493 e. The van der Waals surface area contributed by atoms with E-state index in [2.05, 4.69) is 5.32 Å². The molecule has 2 atom stereocenters. The van der Waals surface area contributed by atoms with Gasteiger partial charge in [-0.25, -0.2) is 9.18 Å². The molecule has 0 spiro atoms. The molecule has 7 nitrogen and oxygen atoms in total. The van der Waals surface area contributed by atoms with Crippen molar-refractivity contribution in [1.29, 1.82) is 0 Å². The Morgan fingerprint density at radius 2 is 1.91 bits per heavy atom. The number of hydrogen-bond acceptors (Lipinski definition) is 5. The first kappa shape index (κ1) is 23.7. The van der Waals surface area contributed by atoms with Crippen molar-refractivity contribution in [2.75, 3.05) is 32.3 Å². The number of ether oxygens (including phenoxy) is 3. The molecular formula is C23H26ClFN2O5. The molecule has 9 heteroatoms. The molecule has 0 saturated carbocycles. The molecular weight excluding hydrogens is 439 g/mol. The van der Waals surface area contributed by atoms with Crippen LogP contribution in [0.15, 0.2) is 30.3 Å². The van der Waals surface area contributed by atoms with E-state index < -0.39 is 17.8 Å². The molecule has 0 bridgehead atoms. The lowest BCUT2D eigenvalue weighted by molar-refractivity contribution is 0.0945. The third-order valence-corrected chi connectivity index (χ3v) is 5.78. The van der Waals surface area contributed by atoms with E-state index in [0.717, 1.165) is 5.56 Å². The maximum Gasteiger partial charge on any atom is 0.414 e. The molecule has 32 heavy (non-hydrogen) atoms. The Morgan fingerprint density at radius 1 is 1.22 bits per heavy atom. The van der Waals surface area contributed by atoms with E-state index >= 15 is 0 Å². The van der Waals surface area contributed by atoms with E-state index in [1.165, 1.54) is 32.4 Å². The largest absolute Gasteiger partial charge is 0.493 e. The number of fused-ring (bicyclic) bond motifs is 1. The summed E-state index contributed by atoms with van der Waals surface area (Å²) in [5.74, 6) is -0.489. The Morgan fingerprint density at radius 3 is 2.53 bits per heavy atom. The second-order valence-corrected chi connectivity index (χ2v) is 7.83. The summed E-state index contributed by atoms with van der Waals surface area (Å²) in [5.41, 5.74) is 1.20. The van der Waals surface area contributed by atoms with Gasteiger partial charge in [-0.05, 0) is 44.0 Å². The summed E-state index contributed by atoms with van der Waals surface area (Å²) < 4.78 is 30.2. The summed E-state index contributed by atoms with van der Waals surface area (Å²) in [6.07, 6.45) is 0.0844. The van der Waals surface area contributed by atoms with Crippen molar-refractivity contribution >= 4 is 29.3 Å². The molecule has 0 radical (unpaired) electrons. The molecule has 2 unspecified atom stereocenters. The molecule has 1 heterocycles. The predicted octanol–water partition coefficient (Wildman–Crippen LogP) is 4.77. The van der Waals surface area contributed by atoms with Crippen LogP contribution in [-0.4, -0.2) is 45.4 Å². The number of anilines is 1. The van der Waals surface area contributed by atoms with Crippen molar-refractivity contribution in [3.8, 4) is 11.5 Å². The van der Waals surface area contributed by atoms with Crippen LogP contribution in [0.4, 0.5) is 14.9 Å². The Labute approximate surface area is 191 Å². The van der Waals surface area contributed by atoms with Crippen LogP contribution in [-0.2, 0) is 4.74 Å². The first-order valence-electron chi connectivity index (χ1n) is 10.3. The number of nitrogens with one attached hydrogen (secondary N) is 1. The van der Waals surface area contributed by atoms with Crippen LogP contribution in [0.25, 0.3) is 0 Å². The van der Waals surface area contributed by atoms with Crippen molar-refractivity contribution in [2.24, 2.45) is 0 Å². The molecule has 0 aliphatic carbocycles. The first-order valence-corrected chi connectivity index (χ1v) is 10.6. The fourth-order valence-corrected chi connectivity index (χ4v) is 4.23. The van der Waals surface area contributed by atoms with Gasteiger partial charge < -0.3 is 19.5 Å². The smallest absolute Gasteiger partial charge is 0.414 e. The number of halogens is 2. The average Bonchev–Trinajstić information content (AvgIpc) is 2.76. The van der Waals surface area contributed by atoms with Crippen molar-refractivity contribution in [1.82, 2.24) is 5.32 Å². The number of benzene rings is 2. The molecule has 1 N–H and O–H groups in total. The molecule has 1 aliphatic rings. The van der Waals surface area contributed by atoms with Gasteiger partial charge in [-0.1, -0.05) is 17.7 Å². The number of rotatable bonds is 6. The zero-order valence-electron chi connectivity index (χ0n) is 18.4. The maximum atomic E-state index is 14.1. The van der Waals surface area contributed by atoms with Crippen LogP contribution >= 0.6 is 11.6 Å². The molecule has 0 fully saturated rings. The lowest BCUT2D eigenvalue weighted by atomic mass is 9.85. The minimum atomic E-state index is -0.688. The van der Waals surface area contributed by atoms with Gasteiger partial charge in [0.05, 0.1) is 37.1 Å². The summed E-state index contributed by atoms with van der Waals surface area (Å²) in [5, 5.41) is 2.82. The first-order chi connectivity index (χ1) is 15.3. The van der Waals surface area contributed by atoms with E-state index in [4.69, 9.17) is 25.8 Å². The van der Waals surface area contributed by atoms with Gasteiger partial charge in [0.25, 0.3) is 5.91 Å². The van der Waals surface area contributed by atoms with Gasteiger partial charge >= 0.3 is 6.09 Å². The Bertz CT molecular complexity index is 996. The second-order valence-electron chi connectivity index (χ2n) is 7.42. The van der Waals surface area contributed by atoms with Crippen molar-refractivity contribution in [3.63, 3.8) is 0 Å². The molecule has 2 aromatic rings. The molecule has 2 aromatic carbocycles. The summed E-state index contributed by atoms with van der Waals surface area (Å²) in [7, 11) is 3.04. The van der Waals surface area contributed by atoms with E-state index in [0.29, 0.717) is 23.6 Å². The predicted molar refractivity (Wildman–Crippen MR) is 120 cm³/mol. The lowest BCUT2D eigenvalue weighted by Gasteiger charge is -2.39. The topological polar surface area (TPSA) is 77.1 Å². The van der Waals surface area contributed by atoms with Crippen LogP contribution in [0.5, 0.6) is 11.5 Å². The highest BCUT2D eigenvalue weighted by Gasteiger charge is 2.36. The van der Waals surface area contributed by atoms with E-state index in [-0.39, 0.29) is 35.7 Å². The van der Waals surface area contributed by atoms with Crippen LogP contribution in [0.3, 0.4) is 0 Å². The van der Waals surface area contributed by atoms with Gasteiger partial charge in [-0.15, -0.1) is 0 Å². The Kier molecular flexibility index (Phi) is 7.45. The van der Waals surface area contributed by atoms with Gasteiger partial charge in [0.15, 0.2) is 11.5 Å². The highest BCUT2D eigenvalue weighted by atomic mass is 35.5. The second kappa shape index (κ2) is 10.1. The van der Waals surface area contributed by atoms with Crippen LogP contribution in [0, 0.1) is 5.82 Å². The zero-order valence-corrected chi connectivity index (χ0v) is 19.2. The maximum absolute atomic E-state index is 14.1. The monoisotopic (exact) mass is 464 g/mol. The molecule has 172 valence electrons. The third kappa shape index (κ3) is 4.60. The Balaban J connectivity index is 1.94. The standard InChI is InChI=1S/C23H26ClFN2O5/c1-5-32-23(29)27-13(2)9-14(15-10-19(30-3)20(31-4)11-18(15)27)12-26-22(28)21-16(24)7-6-8-17(21)25/h6-8,10-11,13-14H,5,9,12H2,1-4H3,(H,26,28). The molecule has 0 saturated heterocycles. The highest BCUT2D eigenvalue weighted by Crippen LogP contribution is 2.44. The highest BCUT2D eigenvalue weighted by molar-refractivity contribution is 6.33. The fourth-order valence-electron chi connectivity index (χ4n) is 3.98. The van der Waals surface area contributed by atoms with Crippen molar-refractivity contribution in [2.45, 2.75) is 32.2 Å². The molecule has 0 aromatic heterocycles. The number of nitrogens with zero attached hydrogens (tertiary/aromatic N) is 1. The van der Waals surface area contributed by atoms with Gasteiger partial charge in [0, 0.05) is 24.6 Å². The fraction of sp³-hybridized carbons (Fsp3) is 0.391. The quantitative estimate of drug-likeness (QED) is 0.666. The molecule has 3 rings (SSSR count). The van der Waals surface area contributed by atoms with E-state index in [1.807, 2.05) is 6.92 Å². The van der Waals surface area contributed by atoms with E-state index in [1.54, 1.807) is 24.0 Å². The minimum absolute atomic E-state index is 0.0415. The van der Waals surface area contributed by atoms with Gasteiger partial charge in [-0.3, -0.25) is 9.69 Å². The van der Waals surface area contributed by atoms with Gasteiger partial charge in [-0.2, -0.15) is 0 Å². The number of carbonyl (C=O) groups excluding carboxylic acids is 2. The Hall–Kier alpha value is -3.00. The summed E-state index contributed by atoms with van der Waals surface area (Å²) in [6.45, 7) is 4.11. The van der Waals surface area contributed by atoms with E-state index in [9.17, 15) is 14.0 Å². The summed E-state index contributed by atoms with van der Waals surface area (Å²) in [6, 6.07) is 7.40. The number of amides is 2. The zero-order chi connectivity index (χ0) is 23.4. The van der Waals surface area contributed by atoms with Crippen molar-refractivity contribution in [3.05, 3.63) is 52.3 Å². The van der Waals surface area contributed by atoms with Crippen LogP contribution in [0.1, 0.15) is 42.1 Å². The normalized spacial score (nSPS) is 17.4. The third-order valence-electron chi connectivity index (χ3n) is 5.46. The number of methoxy groups -OCH3 is 2. The van der Waals surface area contributed by atoms with Gasteiger partial charge in [0.1, 0.15) is 5.82 Å². The molecule has 1 aliphatic heterocycles. The number of carbonyl (C=O) groups is 2. The number of hydrogen-bond donors (Lipinski definition) is 1. The van der Waals surface area contributed by atoms with Gasteiger partial charge in [0.2, 0.25) is 0 Å².